The van der Waals surface area contributed by atoms with Crippen LogP contribution in [0.25, 0.3) is 55.4 Å². The molecular weight excluding hydrogens is 499 g/mol. The molecule has 10 heteroatoms. The Morgan fingerprint density at radius 3 is 2.71 bits per heavy atom. The Labute approximate surface area is 221 Å². The fourth-order valence-corrected chi connectivity index (χ4v) is 5.83. The molecule has 0 aliphatic heterocycles. The van der Waals surface area contributed by atoms with Crippen LogP contribution in [0.1, 0.15) is 25.7 Å². The zero-order chi connectivity index (χ0) is 25.6. The van der Waals surface area contributed by atoms with Crippen LogP contribution in [-0.2, 0) is 0 Å². The smallest absolute Gasteiger partial charge is 0.177 e. The van der Waals surface area contributed by atoms with Gasteiger partial charge in [-0.1, -0.05) is 19.4 Å². The van der Waals surface area contributed by atoms with Crippen LogP contribution in [0.2, 0.25) is 0 Å². The SMILES string of the molecule is C=C(Nc1cncc(-c2ccc3[nH]nc(-c4nc5c(-c6ccc(F)s6)nccc5[nH]4)c3n2)c1)C1CCCC1. The van der Waals surface area contributed by atoms with Crippen LogP contribution in [0.15, 0.2) is 67.3 Å². The maximum absolute atomic E-state index is 13.7. The molecule has 0 aromatic carbocycles. The van der Waals surface area contributed by atoms with Crippen molar-refractivity contribution in [2.24, 2.45) is 5.92 Å². The fourth-order valence-electron chi connectivity index (χ4n) is 5.10. The Bertz CT molecular complexity index is 1810. The first kappa shape index (κ1) is 22.7. The van der Waals surface area contributed by atoms with Crippen LogP contribution in [0.5, 0.6) is 0 Å². The summed E-state index contributed by atoms with van der Waals surface area (Å²) < 4.78 is 13.7. The van der Waals surface area contributed by atoms with E-state index in [0.29, 0.717) is 34.2 Å². The number of imidazole rings is 1. The van der Waals surface area contributed by atoms with Crippen molar-refractivity contribution in [3.8, 4) is 33.3 Å². The van der Waals surface area contributed by atoms with Gasteiger partial charge in [0.25, 0.3) is 0 Å². The summed E-state index contributed by atoms with van der Waals surface area (Å²) >= 11 is 1.04. The topological polar surface area (TPSA) is 108 Å². The zero-order valence-corrected chi connectivity index (χ0v) is 21.1. The molecule has 6 aromatic heterocycles. The highest BCUT2D eigenvalue weighted by Crippen LogP contribution is 2.34. The van der Waals surface area contributed by atoms with Crippen LogP contribution in [0.3, 0.4) is 0 Å². The van der Waals surface area contributed by atoms with Crippen LogP contribution in [0.4, 0.5) is 10.1 Å². The first-order chi connectivity index (χ1) is 18.6. The second-order valence-corrected chi connectivity index (χ2v) is 10.5. The molecule has 0 radical (unpaired) electrons. The van der Waals surface area contributed by atoms with Gasteiger partial charge in [0.1, 0.15) is 16.7 Å². The fraction of sp³-hybridized carbons (Fsp3) is 0.179. The number of hydrogen-bond donors (Lipinski definition) is 3. The number of nitrogens with zero attached hydrogens (tertiary/aromatic N) is 5. The minimum Gasteiger partial charge on any atom is -0.358 e. The van der Waals surface area contributed by atoms with E-state index >= 15 is 0 Å². The number of aromatic nitrogens is 7. The van der Waals surface area contributed by atoms with Gasteiger partial charge in [0.2, 0.25) is 0 Å². The Morgan fingerprint density at radius 2 is 1.87 bits per heavy atom. The number of hydrogen-bond acceptors (Lipinski definition) is 7. The summed E-state index contributed by atoms with van der Waals surface area (Å²) in [5.41, 5.74) is 7.75. The van der Waals surface area contributed by atoms with E-state index in [1.54, 1.807) is 18.5 Å². The second-order valence-electron chi connectivity index (χ2n) is 9.50. The van der Waals surface area contributed by atoms with Crippen LogP contribution in [-0.4, -0.2) is 35.1 Å². The third kappa shape index (κ3) is 4.03. The molecule has 1 saturated carbocycles. The monoisotopic (exact) mass is 522 g/mol. The average molecular weight is 523 g/mol. The highest BCUT2D eigenvalue weighted by Gasteiger charge is 2.20. The molecule has 38 heavy (non-hydrogen) atoms. The molecule has 0 bridgehead atoms. The number of allylic oxidation sites excluding steroid dienone is 1. The number of nitrogens with one attached hydrogen (secondary N) is 3. The zero-order valence-electron chi connectivity index (χ0n) is 20.3. The molecule has 0 amide bonds. The van der Waals surface area contributed by atoms with Crippen LogP contribution >= 0.6 is 11.3 Å². The molecule has 6 aromatic rings. The highest BCUT2D eigenvalue weighted by molar-refractivity contribution is 7.13. The molecule has 3 N–H and O–H groups in total. The van der Waals surface area contributed by atoms with Crippen molar-refractivity contribution in [1.82, 2.24) is 35.1 Å². The van der Waals surface area contributed by atoms with E-state index in [1.807, 2.05) is 30.5 Å². The Kier molecular flexibility index (Phi) is 5.47. The quantitative estimate of drug-likeness (QED) is 0.219. The molecule has 8 nitrogen and oxygen atoms in total. The molecule has 7 rings (SSSR count). The van der Waals surface area contributed by atoms with Crippen molar-refractivity contribution in [1.29, 1.82) is 0 Å². The predicted molar refractivity (Wildman–Crippen MR) is 148 cm³/mol. The maximum atomic E-state index is 13.7. The molecule has 0 saturated heterocycles. The molecule has 0 atom stereocenters. The summed E-state index contributed by atoms with van der Waals surface area (Å²) in [5, 5.41) is 10.7. The maximum Gasteiger partial charge on any atom is 0.177 e. The lowest BCUT2D eigenvalue weighted by Gasteiger charge is -2.15. The van der Waals surface area contributed by atoms with Gasteiger partial charge in [0, 0.05) is 23.7 Å². The number of aromatic amines is 2. The van der Waals surface area contributed by atoms with Gasteiger partial charge in [-0.15, -0.1) is 11.3 Å². The first-order valence-corrected chi connectivity index (χ1v) is 13.3. The number of pyridine rings is 3. The number of halogens is 1. The normalized spacial score (nSPS) is 14.0. The predicted octanol–water partition coefficient (Wildman–Crippen LogP) is 6.94. The third-order valence-electron chi connectivity index (χ3n) is 7.03. The van der Waals surface area contributed by atoms with E-state index in [0.717, 1.165) is 49.9 Å². The number of H-pyrrole nitrogens is 2. The summed E-state index contributed by atoms with van der Waals surface area (Å²) in [6.07, 6.45) is 10.2. The Hall–Kier alpha value is -4.44. The highest BCUT2D eigenvalue weighted by atomic mass is 32.1. The first-order valence-electron chi connectivity index (χ1n) is 12.5. The number of fused-ring (bicyclic) bond motifs is 2. The molecule has 1 fully saturated rings. The summed E-state index contributed by atoms with van der Waals surface area (Å²) in [4.78, 5) is 22.7. The summed E-state index contributed by atoms with van der Waals surface area (Å²) in [7, 11) is 0. The largest absolute Gasteiger partial charge is 0.358 e. The van der Waals surface area contributed by atoms with Gasteiger partial charge in [0.05, 0.1) is 33.5 Å². The molecule has 1 aliphatic rings. The lowest BCUT2D eigenvalue weighted by Crippen LogP contribution is -2.07. The van der Waals surface area contributed by atoms with E-state index in [9.17, 15) is 4.39 Å². The lowest BCUT2D eigenvalue weighted by atomic mass is 10.0. The van der Waals surface area contributed by atoms with Gasteiger partial charge in [-0.05, 0) is 55.2 Å². The number of anilines is 1. The molecule has 1 aliphatic carbocycles. The van der Waals surface area contributed by atoms with Crippen molar-refractivity contribution >= 4 is 39.1 Å². The Morgan fingerprint density at radius 1 is 1.00 bits per heavy atom. The average Bonchev–Trinajstić information content (AvgIpc) is 3.74. The summed E-state index contributed by atoms with van der Waals surface area (Å²) in [5.74, 6) is 1.07. The van der Waals surface area contributed by atoms with Gasteiger partial charge in [-0.3, -0.25) is 15.1 Å². The second kappa shape index (κ2) is 9.14. The lowest BCUT2D eigenvalue weighted by molar-refractivity contribution is 0.649. The van der Waals surface area contributed by atoms with Gasteiger partial charge in [-0.2, -0.15) is 9.49 Å². The molecule has 0 unspecified atom stereocenters. The van der Waals surface area contributed by atoms with E-state index in [4.69, 9.17) is 9.97 Å². The molecule has 188 valence electrons. The van der Waals surface area contributed by atoms with E-state index in [-0.39, 0.29) is 5.13 Å². The van der Waals surface area contributed by atoms with Crippen molar-refractivity contribution < 1.29 is 4.39 Å². The summed E-state index contributed by atoms with van der Waals surface area (Å²) in [6.45, 7) is 4.26. The van der Waals surface area contributed by atoms with E-state index in [1.165, 1.54) is 31.7 Å². The van der Waals surface area contributed by atoms with Gasteiger partial charge in [0.15, 0.2) is 16.6 Å². The number of rotatable bonds is 6. The van der Waals surface area contributed by atoms with E-state index in [2.05, 4.69) is 37.0 Å². The minimum atomic E-state index is -0.263. The number of thiophene rings is 1. The molecule has 0 spiro atoms. The molecule has 6 heterocycles. The van der Waals surface area contributed by atoms with Gasteiger partial charge >= 0.3 is 0 Å². The standard InChI is InChI=1S/C28H23FN8S/c1-15(16-4-2-3-5-16)32-18-12-17(13-30-14-18)19-6-7-21-25(33-19)27(37-36-21)28-34-20-10-11-31-26(24(20)35-28)22-8-9-23(29)38-22/h6-14,16,32H,1-5H2,(H,34,35)(H,36,37). The van der Waals surface area contributed by atoms with Crippen molar-refractivity contribution in [3.05, 3.63) is 72.4 Å². The van der Waals surface area contributed by atoms with Crippen molar-refractivity contribution in [2.75, 3.05) is 5.32 Å². The minimum absolute atomic E-state index is 0.263. The van der Waals surface area contributed by atoms with Crippen molar-refractivity contribution in [3.63, 3.8) is 0 Å². The molecular formula is C28H23FN8S. The van der Waals surface area contributed by atoms with Crippen LogP contribution < -0.4 is 5.32 Å². The Balaban J connectivity index is 1.24. The van der Waals surface area contributed by atoms with E-state index < -0.39 is 0 Å². The third-order valence-corrected chi connectivity index (χ3v) is 7.91. The van der Waals surface area contributed by atoms with Crippen molar-refractivity contribution in [2.45, 2.75) is 25.7 Å². The van der Waals surface area contributed by atoms with Crippen LogP contribution in [0, 0.1) is 11.0 Å². The van der Waals surface area contributed by atoms with Gasteiger partial charge in [-0.25, -0.2) is 9.97 Å². The summed E-state index contributed by atoms with van der Waals surface area (Å²) in [6, 6.07) is 10.9. The van der Waals surface area contributed by atoms with Gasteiger partial charge < -0.3 is 10.3 Å².